The molecule has 25 nitrogen and oxygen atoms in total. The topological polar surface area (TPSA) is 411 Å². The summed E-state index contributed by atoms with van der Waals surface area (Å²) < 4.78 is 0.382. The number of aromatic hydroxyl groups is 1. The zero-order chi connectivity index (χ0) is 57.6. The number of primary amides is 1. The Morgan fingerprint density at radius 2 is 1.32 bits per heavy atom. The van der Waals surface area contributed by atoms with Crippen LogP contribution >= 0.6 is 45.2 Å². The number of carbonyl (C=O) groups excluding carboxylic acids is 8. The third-order valence-electron chi connectivity index (χ3n) is 14.4. The third-order valence-corrected chi connectivity index (χ3v) is 16.1. The van der Waals surface area contributed by atoms with E-state index in [1.165, 1.54) is 18.6 Å². The van der Waals surface area contributed by atoms with Crippen LogP contribution in [0, 0.1) is 19.0 Å². The van der Waals surface area contributed by atoms with Crippen molar-refractivity contribution in [1.82, 2.24) is 36.4 Å². The number of nitrogens with two attached hydrogens (primary N) is 1. The number of hydrogen-bond donors (Lipinski definition) is 15. The van der Waals surface area contributed by atoms with Crippen LogP contribution in [0.15, 0.2) is 12.1 Å². The van der Waals surface area contributed by atoms with Crippen LogP contribution in [0.4, 0.5) is 0 Å². The van der Waals surface area contributed by atoms with Crippen LogP contribution < -0.4 is 32.3 Å². The maximum atomic E-state index is 14.5. The van der Waals surface area contributed by atoms with Crippen LogP contribution in [0.2, 0.25) is 0 Å². The molecule has 3 aliphatic heterocycles. The van der Waals surface area contributed by atoms with Crippen molar-refractivity contribution in [2.45, 2.75) is 203 Å². The second-order valence-electron chi connectivity index (χ2n) is 20.8. The van der Waals surface area contributed by atoms with Gasteiger partial charge in [-0.1, -0.05) is 65.7 Å². The number of benzene rings is 1. The van der Waals surface area contributed by atoms with Crippen LogP contribution in [0.3, 0.4) is 0 Å². The Morgan fingerprint density at radius 3 is 1.94 bits per heavy atom. The van der Waals surface area contributed by atoms with Gasteiger partial charge in [-0.2, -0.15) is 0 Å². The molecule has 16 N–H and O–H groups in total. The van der Waals surface area contributed by atoms with Crippen molar-refractivity contribution in [2.75, 3.05) is 13.1 Å². The quantitative estimate of drug-likeness (QED) is 0.0490. The normalized spacial score (nSPS) is 28.6. The number of hydrogen-bond acceptors (Lipinski definition) is 17. The van der Waals surface area contributed by atoms with Crippen molar-refractivity contribution in [1.29, 1.82) is 0 Å². The summed E-state index contributed by atoms with van der Waals surface area (Å²) in [6.45, 7) is 6.76. The van der Waals surface area contributed by atoms with Gasteiger partial charge in [0.25, 0.3) is 0 Å². The van der Waals surface area contributed by atoms with Gasteiger partial charge in [-0.3, -0.25) is 38.4 Å². The maximum absolute atomic E-state index is 14.5. The van der Waals surface area contributed by atoms with E-state index in [0.717, 1.165) is 50.3 Å². The molecule has 0 aromatic heterocycles. The van der Waals surface area contributed by atoms with Crippen molar-refractivity contribution in [2.24, 2.45) is 17.6 Å². The highest BCUT2D eigenvalue weighted by Crippen LogP contribution is 2.32. The zero-order valence-electron chi connectivity index (χ0n) is 43.7. The molecule has 1 aromatic rings. The summed E-state index contributed by atoms with van der Waals surface area (Å²) >= 11 is 3.47. The molecule has 3 aliphatic rings. The van der Waals surface area contributed by atoms with Crippen molar-refractivity contribution in [3.8, 4) is 5.75 Å². The second kappa shape index (κ2) is 30.5. The number of halogens is 2. The van der Waals surface area contributed by atoms with Crippen LogP contribution in [-0.4, -0.2) is 195 Å². The van der Waals surface area contributed by atoms with E-state index in [4.69, 9.17) is 5.73 Å². The molecule has 0 radical (unpaired) electrons. The molecule has 1 aromatic carbocycles. The molecule has 4 rings (SSSR count). The average Bonchev–Trinajstić information content (AvgIpc) is 3.96. The Kier molecular flexibility index (Phi) is 25.9. The largest absolute Gasteiger partial charge is 0.506 e. The molecule has 0 spiro atoms. The highest BCUT2D eigenvalue weighted by Gasteiger charge is 2.49. The summed E-state index contributed by atoms with van der Waals surface area (Å²) in [6.07, 6.45) is -10.2. The van der Waals surface area contributed by atoms with Crippen LogP contribution in [0.5, 0.6) is 5.75 Å². The number of carbonyl (C=O) groups is 8. The number of fused-ring (bicyclic) bond motifs is 2. The standard InChI is InChI=1S/C50H78I2N8O17/c1-5-23(2)16-24(3)12-10-8-6-7-9-11-13-36(67)54-30-20-34(65)46(73)58-48(75)40-32(63)14-15-59(40)50(77)38(33(64)21-35(53)66)56-47(74)39(43(70)41(68)26-17-28(51)42(69)29(52)18-26)57-45(72)31-19-27(62)22-60(31)49(76)37(25(4)61)55-44(30)71/h17-18,23-25,27,30-34,37-41,43,46,61-65,68-70,73H,5-16,19-22H2,1-4H3,(H2,53,66)(H,54,67)(H,55,71)(H,56,74)(H,57,72)(H,58,75)/t23?,24?,25-,27-,30-,31+,32+,33+,34-,37+,38+,39+,40+,41-,43-,46-/m1/s1. The SMILES string of the molecule is CCC(C)CC(C)CCCCCCCCC(=O)N[C@@H]1C[C@@H](O)[C@@H](O)NC(=O)[C@@H]2[C@@H](O)CCN2C(=O)[C@H]([C@@H](O)CC(N)=O)NC(=O)[C@H]([C@@H](O)[C@H](O)c2cc(I)c(O)c(I)c2)NC(=O)[C@@H]2C[C@@H](O)CN2C(=O)[C@H]([C@@H](C)O)NC1=O. The van der Waals surface area contributed by atoms with Crippen molar-refractivity contribution in [3.63, 3.8) is 0 Å². The summed E-state index contributed by atoms with van der Waals surface area (Å²) in [4.78, 5) is 113. The van der Waals surface area contributed by atoms with Crippen molar-refractivity contribution in [3.05, 3.63) is 24.8 Å². The van der Waals surface area contributed by atoms with Gasteiger partial charge < -0.3 is 88.1 Å². The second-order valence-corrected chi connectivity index (χ2v) is 23.1. The summed E-state index contributed by atoms with van der Waals surface area (Å²) in [5.41, 5.74) is 5.25. The lowest BCUT2D eigenvalue weighted by atomic mass is 9.91. The lowest BCUT2D eigenvalue weighted by Gasteiger charge is -2.34. The summed E-state index contributed by atoms with van der Waals surface area (Å²) in [5.74, 6) is -8.53. The van der Waals surface area contributed by atoms with E-state index < -0.39 is 165 Å². The first-order valence-corrected chi connectivity index (χ1v) is 28.3. The number of unbranched alkanes of at least 4 members (excludes halogenated alkanes) is 5. The van der Waals surface area contributed by atoms with Crippen LogP contribution in [0.1, 0.15) is 129 Å². The molecule has 0 saturated carbocycles. The number of amides is 8. The van der Waals surface area contributed by atoms with Crippen LogP contribution in [0.25, 0.3) is 0 Å². The maximum Gasteiger partial charge on any atom is 0.248 e. The molecule has 3 heterocycles. The van der Waals surface area contributed by atoms with Crippen molar-refractivity contribution < 1.29 is 84.3 Å². The minimum Gasteiger partial charge on any atom is -0.506 e. The number of aliphatic hydroxyl groups excluding tert-OH is 8. The molecule has 2 unspecified atom stereocenters. The van der Waals surface area contributed by atoms with E-state index in [2.05, 4.69) is 47.4 Å². The number of aliphatic hydroxyl groups is 8. The zero-order valence-corrected chi connectivity index (χ0v) is 48.0. The van der Waals surface area contributed by atoms with E-state index in [9.17, 15) is 84.3 Å². The number of phenolic OH excluding ortho intramolecular Hbond substituents is 1. The molecule has 3 saturated heterocycles. The molecule has 434 valence electrons. The Balaban J connectivity index is 1.72. The minimum atomic E-state index is -2.38. The molecular formula is C50H78I2N8O17. The van der Waals surface area contributed by atoms with Gasteiger partial charge in [-0.15, -0.1) is 0 Å². The molecule has 0 aliphatic carbocycles. The lowest BCUT2D eigenvalue weighted by molar-refractivity contribution is -0.149. The predicted molar refractivity (Wildman–Crippen MR) is 291 cm³/mol. The Bertz CT molecular complexity index is 2210. The van der Waals surface area contributed by atoms with Crippen LogP contribution in [-0.2, 0) is 38.4 Å². The predicted octanol–water partition coefficient (Wildman–Crippen LogP) is -2.13. The van der Waals surface area contributed by atoms with Gasteiger partial charge in [0.05, 0.1) is 38.0 Å². The Labute approximate surface area is 474 Å². The first-order chi connectivity index (χ1) is 36.2. The average molecular weight is 1320 g/mol. The van der Waals surface area contributed by atoms with Gasteiger partial charge in [-0.05, 0) is 101 Å². The fourth-order valence-electron chi connectivity index (χ4n) is 9.88. The number of phenols is 1. The van der Waals surface area contributed by atoms with Gasteiger partial charge >= 0.3 is 0 Å². The molecule has 3 fully saturated rings. The Morgan fingerprint density at radius 1 is 0.740 bits per heavy atom. The monoisotopic (exact) mass is 1320 g/mol. The molecule has 27 heteroatoms. The lowest BCUT2D eigenvalue weighted by Crippen LogP contribution is -2.64. The number of nitrogens with zero attached hydrogens (tertiary/aromatic N) is 2. The van der Waals surface area contributed by atoms with Gasteiger partial charge in [0.15, 0.2) is 6.23 Å². The summed E-state index contributed by atoms with van der Waals surface area (Å²) in [6, 6.07) is -9.50. The van der Waals surface area contributed by atoms with Gasteiger partial charge in [0, 0.05) is 32.4 Å². The van der Waals surface area contributed by atoms with E-state index in [1.54, 1.807) is 45.2 Å². The number of nitrogens with one attached hydrogen (secondary N) is 5. The fraction of sp³-hybridized carbons (Fsp3) is 0.720. The van der Waals surface area contributed by atoms with Gasteiger partial charge in [0.1, 0.15) is 60.3 Å². The summed E-state index contributed by atoms with van der Waals surface area (Å²) in [5, 5.41) is 112. The highest BCUT2D eigenvalue weighted by molar-refractivity contribution is 14.1. The van der Waals surface area contributed by atoms with Gasteiger partial charge in [0.2, 0.25) is 47.3 Å². The molecular weight excluding hydrogens is 1240 g/mol. The first-order valence-electron chi connectivity index (χ1n) is 26.2. The highest BCUT2D eigenvalue weighted by atomic mass is 127. The Hall–Kier alpha value is -4.08. The molecule has 0 bridgehead atoms. The number of rotatable bonds is 20. The molecule has 16 atom stereocenters. The third kappa shape index (κ3) is 18.5. The fourth-order valence-corrected chi connectivity index (χ4v) is 11.7. The van der Waals surface area contributed by atoms with E-state index in [0.29, 0.717) is 29.6 Å². The van der Waals surface area contributed by atoms with Gasteiger partial charge in [-0.25, -0.2) is 0 Å². The van der Waals surface area contributed by atoms with E-state index in [-0.39, 0.29) is 31.3 Å². The minimum absolute atomic E-state index is 0.0808. The molecule has 77 heavy (non-hydrogen) atoms. The summed E-state index contributed by atoms with van der Waals surface area (Å²) in [7, 11) is 0. The first kappa shape index (κ1) is 65.4. The molecule has 8 amide bonds. The smallest absolute Gasteiger partial charge is 0.248 e. The van der Waals surface area contributed by atoms with E-state index in [1.807, 2.05) is 0 Å². The van der Waals surface area contributed by atoms with E-state index >= 15 is 0 Å². The van der Waals surface area contributed by atoms with Crippen molar-refractivity contribution >= 4 is 92.4 Å².